The number of hydrogen-bond acceptors (Lipinski definition) is 4. The fourth-order valence-corrected chi connectivity index (χ4v) is 7.24. The predicted molar refractivity (Wildman–Crippen MR) is 144 cm³/mol. The Hall–Kier alpha value is -3.40. The van der Waals surface area contributed by atoms with E-state index in [1.807, 2.05) is 52.0 Å². The lowest BCUT2D eigenvalue weighted by Crippen LogP contribution is -2.49. The molecule has 0 saturated heterocycles. The summed E-state index contributed by atoms with van der Waals surface area (Å²) >= 11 is 0. The van der Waals surface area contributed by atoms with Crippen molar-refractivity contribution in [3.8, 4) is 11.1 Å². The summed E-state index contributed by atoms with van der Waals surface area (Å²) in [4.78, 5) is 52.0. The van der Waals surface area contributed by atoms with E-state index < -0.39 is 5.41 Å². The van der Waals surface area contributed by atoms with Crippen LogP contribution < -0.4 is 0 Å². The minimum absolute atomic E-state index is 0.0196. The highest BCUT2D eigenvalue weighted by molar-refractivity contribution is 6.24. The summed E-state index contributed by atoms with van der Waals surface area (Å²) in [7, 11) is 0. The molecule has 3 atom stereocenters. The number of ketones is 4. The molecular weight excluding hydrogens is 460 g/mol. The topological polar surface area (TPSA) is 68.3 Å². The fraction of sp³-hybridized carbons (Fsp3) is 0.394. The van der Waals surface area contributed by atoms with Crippen LogP contribution in [-0.4, -0.2) is 23.1 Å². The molecule has 3 aliphatic rings. The van der Waals surface area contributed by atoms with Gasteiger partial charge in [0.05, 0.1) is 11.0 Å². The van der Waals surface area contributed by atoms with E-state index in [0.717, 1.165) is 62.9 Å². The summed E-state index contributed by atoms with van der Waals surface area (Å²) in [6, 6.07) is 12.1. The fourth-order valence-electron chi connectivity index (χ4n) is 7.24. The Morgan fingerprint density at radius 1 is 1.00 bits per heavy atom. The number of hydrogen-bond donors (Lipinski definition) is 0. The number of Topliss-reactive ketones (excluding diaryl/α,β-unsaturated/α-hetero) is 4. The van der Waals surface area contributed by atoms with Crippen LogP contribution in [0.1, 0.15) is 74.5 Å². The van der Waals surface area contributed by atoms with Gasteiger partial charge in [-0.1, -0.05) is 47.5 Å². The normalized spacial score (nSPS) is 25.0. The van der Waals surface area contributed by atoms with Crippen molar-refractivity contribution in [1.82, 2.24) is 0 Å². The number of aryl methyl sites for hydroxylation is 1. The van der Waals surface area contributed by atoms with Crippen molar-refractivity contribution in [2.24, 2.45) is 17.3 Å². The Morgan fingerprint density at radius 2 is 1.73 bits per heavy atom. The van der Waals surface area contributed by atoms with Gasteiger partial charge in [-0.2, -0.15) is 0 Å². The molecule has 190 valence electrons. The molecule has 0 aliphatic heterocycles. The second-order valence-corrected chi connectivity index (χ2v) is 11.5. The summed E-state index contributed by atoms with van der Waals surface area (Å²) < 4.78 is 0. The molecule has 2 aromatic carbocycles. The maximum absolute atomic E-state index is 14.2. The van der Waals surface area contributed by atoms with Gasteiger partial charge in [0, 0.05) is 17.6 Å². The highest BCUT2D eigenvalue weighted by atomic mass is 16.2. The van der Waals surface area contributed by atoms with Crippen molar-refractivity contribution in [3.63, 3.8) is 0 Å². The van der Waals surface area contributed by atoms with Crippen LogP contribution in [0.25, 0.3) is 11.1 Å². The van der Waals surface area contributed by atoms with Gasteiger partial charge in [0.15, 0.2) is 17.3 Å². The third-order valence-corrected chi connectivity index (χ3v) is 9.14. The monoisotopic (exact) mass is 494 g/mol. The molecule has 0 saturated carbocycles. The van der Waals surface area contributed by atoms with Gasteiger partial charge in [-0.15, -0.1) is 0 Å². The lowest BCUT2D eigenvalue weighted by molar-refractivity contribution is -0.129. The third-order valence-electron chi connectivity index (χ3n) is 9.14. The van der Waals surface area contributed by atoms with E-state index in [1.165, 1.54) is 6.92 Å². The Bertz CT molecular complexity index is 1470. The molecule has 4 nitrogen and oxygen atoms in total. The molecule has 0 N–H and O–H groups in total. The average molecular weight is 495 g/mol. The average Bonchev–Trinajstić information content (AvgIpc) is 2.81. The van der Waals surface area contributed by atoms with Crippen LogP contribution in [0, 0.1) is 24.2 Å². The number of carbonyl (C=O) groups excluding carboxylic acids is 4. The summed E-state index contributed by atoms with van der Waals surface area (Å²) in [6.45, 7) is 10.8. The first kappa shape index (κ1) is 25.3. The molecule has 0 radical (unpaired) electrons. The van der Waals surface area contributed by atoms with Gasteiger partial charge in [0.25, 0.3) is 0 Å². The van der Waals surface area contributed by atoms with E-state index in [-0.39, 0.29) is 35.0 Å². The first-order chi connectivity index (χ1) is 17.4. The standard InChI is InChI=1S/C33H34O4/c1-17-10-11-26(23-9-7-8-22(14-23)13-19(3)34)27-16-24-15-25-12-18(2)28(21(5)35)32(37)33(25,6)20(4)30(24)31(36)29(17)27/h7-11,14,24-25H,12-13,15-16H2,1-6H3. The molecule has 0 spiro atoms. The van der Waals surface area contributed by atoms with Crippen LogP contribution in [0.3, 0.4) is 0 Å². The van der Waals surface area contributed by atoms with Crippen LogP contribution >= 0.6 is 0 Å². The zero-order valence-electron chi connectivity index (χ0n) is 22.6. The van der Waals surface area contributed by atoms with Crippen molar-refractivity contribution < 1.29 is 19.2 Å². The van der Waals surface area contributed by atoms with E-state index in [2.05, 4.69) is 12.1 Å². The Balaban J connectivity index is 1.65. The van der Waals surface area contributed by atoms with E-state index >= 15 is 0 Å². The van der Waals surface area contributed by atoms with E-state index in [9.17, 15) is 19.2 Å². The smallest absolute Gasteiger partial charge is 0.189 e. The molecule has 0 amide bonds. The lowest BCUT2D eigenvalue weighted by Gasteiger charge is -2.49. The number of fused-ring (bicyclic) bond motifs is 3. The highest BCUT2D eigenvalue weighted by Crippen LogP contribution is 2.56. The Kier molecular flexibility index (Phi) is 6.05. The van der Waals surface area contributed by atoms with Crippen LogP contribution in [0.15, 0.2) is 58.7 Å². The van der Waals surface area contributed by atoms with E-state index in [0.29, 0.717) is 18.4 Å². The van der Waals surface area contributed by atoms with Crippen LogP contribution in [0.4, 0.5) is 0 Å². The summed E-state index contributed by atoms with van der Waals surface area (Å²) in [5.41, 5.74) is 7.75. The molecular formula is C33H34O4. The molecule has 0 fully saturated rings. The van der Waals surface area contributed by atoms with Gasteiger partial charge in [-0.25, -0.2) is 0 Å². The molecule has 3 unspecified atom stereocenters. The van der Waals surface area contributed by atoms with Crippen molar-refractivity contribution in [3.05, 3.63) is 80.9 Å². The van der Waals surface area contributed by atoms with Gasteiger partial charge >= 0.3 is 0 Å². The number of rotatable bonds is 4. The summed E-state index contributed by atoms with van der Waals surface area (Å²) in [6.07, 6.45) is 2.58. The largest absolute Gasteiger partial charge is 0.300 e. The molecule has 3 aliphatic carbocycles. The van der Waals surface area contributed by atoms with Crippen LogP contribution in [-0.2, 0) is 27.2 Å². The minimum Gasteiger partial charge on any atom is -0.300 e. The first-order valence-corrected chi connectivity index (χ1v) is 13.2. The zero-order valence-corrected chi connectivity index (χ0v) is 22.6. The molecule has 0 bridgehead atoms. The molecule has 4 heteroatoms. The molecule has 0 heterocycles. The predicted octanol–water partition coefficient (Wildman–Crippen LogP) is 6.37. The molecule has 2 aromatic rings. The number of allylic oxidation sites excluding steroid dienone is 4. The highest BCUT2D eigenvalue weighted by Gasteiger charge is 2.54. The Morgan fingerprint density at radius 3 is 2.41 bits per heavy atom. The maximum Gasteiger partial charge on any atom is 0.189 e. The van der Waals surface area contributed by atoms with Gasteiger partial charge in [0.1, 0.15) is 5.78 Å². The van der Waals surface area contributed by atoms with Gasteiger partial charge in [0.2, 0.25) is 0 Å². The van der Waals surface area contributed by atoms with E-state index in [1.54, 1.807) is 6.92 Å². The van der Waals surface area contributed by atoms with Gasteiger partial charge < -0.3 is 0 Å². The molecule has 37 heavy (non-hydrogen) atoms. The second kappa shape index (κ2) is 8.86. The van der Waals surface area contributed by atoms with Crippen molar-refractivity contribution in [2.45, 2.75) is 67.2 Å². The number of benzene rings is 2. The quantitative estimate of drug-likeness (QED) is 0.463. The van der Waals surface area contributed by atoms with Crippen molar-refractivity contribution in [1.29, 1.82) is 0 Å². The second-order valence-electron chi connectivity index (χ2n) is 11.5. The van der Waals surface area contributed by atoms with Crippen LogP contribution in [0.2, 0.25) is 0 Å². The summed E-state index contributed by atoms with van der Waals surface area (Å²) in [5.74, 6) is -0.0606. The molecule has 0 aromatic heterocycles. The zero-order chi connectivity index (χ0) is 26.8. The first-order valence-electron chi connectivity index (χ1n) is 13.2. The number of carbonyl (C=O) groups is 4. The van der Waals surface area contributed by atoms with E-state index in [4.69, 9.17) is 0 Å². The van der Waals surface area contributed by atoms with Gasteiger partial charge in [-0.3, -0.25) is 19.2 Å². The van der Waals surface area contributed by atoms with Gasteiger partial charge in [-0.05, 0) is 100 Å². The Labute approximate surface area is 218 Å². The maximum atomic E-state index is 14.2. The SMILES string of the molecule is CC(=O)Cc1cccc(-c2ccc(C)c3c2CC2CC4CC(C)=C(C(C)=O)C(=O)C4(C)C(C)=C2C3=O)c1. The van der Waals surface area contributed by atoms with Crippen molar-refractivity contribution >= 4 is 23.1 Å². The minimum atomic E-state index is -0.827. The third kappa shape index (κ3) is 3.80. The molecule has 5 rings (SSSR count). The lowest BCUT2D eigenvalue weighted by atomic mass is 9.52. The van der Waals surface area contributed by atoms with Crippen LogP contribution in [0.5, 0.6) is 0 Å². The summed E-state index contributed by atoms with van der Waals surface area (Å²) in [5, 5.41) is 0. The van der Waals surface area contributed by atoms with Crippen molar-refractivity contribution in [2.75, 3.05) is 0 Å².